The van der Waals surface area contributed by atoms with E-state index in [0.29, 0.717) is 5.69 Å². The number of aromatic nitrogens is 2. The summed E-state index contributed by atoms with van der Waals surface area (Å²) in [5.41, 5.74) is 1.38. The van der Waals surface area contributed by atoms with Crippen molar-refractivity contribution in [2.75, 3.05) is 0 Å². The molecule has 1 aromatic carbocycles. The van der Waals surface area contributed by atoms with Gasteiger partial charge in [-0.05, 0) is 25.3 Å². The second-order valence-electron chi connectivity index (χ2n) is 4.57. The van der Waals surface area contributed by atoms with Crippen LogP contribution in [0.2, 0.25) is 0 Å². The molecule has 1 atom stereocenters. The molecule has 1 aromatic heterocycles. The maximum Gasteiger partial charge on any atom is 0.272 e. The summed E-state index contributed by atoms with van der Waals surface area (Å²) in [6.07, 6.45) is 7.23. The van der Waals surface area contributed by atoms with Gasteiger partial charge in [-0.15, -0.1) is 0 Å². The van der Waals surface area contributed by atoms with Crippen LogP contribution in [0, 0.1) is 0 Å². The van der Waals surface area contributed by atoms with Crippen LogP contribution in [0.5, 0.6) is 0 Å². The van der Waals surface area contributed by atoms with Crippen LogP contribution < -0.4 is 5.32 Å². The predicted molar refractivity (Wildman–Crippen MR) is 70.3 cm³/mol. The molecule has 0 spiro atoms. The molecular weight excluding hydrogens is 226 g/mol. The molecule has 1 amide bonds. The Balaban J connectivity index is 1.81. The highest BCUT2D eigenvalue weighted by atomic mass is 16.2. The molecule has 1 aliphatic carbocycles. The van der Waals surface area contributed by atoms with E-state index in [-0.39, 0.29) is 11.9 Å². The lowest BCUT2D eigenvalue weighted by Crippen LogP contribution is -2.35. The Labute approximate surface area is 105 Å². The number of hydrogen-bond acceptors (Lipinski definition) is 2. The van der Waals surface area contributed by atoms with E-state index in [1.54, 1.807) is 0 Å². The van der Waals surface area contributed by atoms with Gasteiger partial charge in [0.05, 0.1) is 5.52 Å². The third-order valence-electron chi connectivity index (χ3n) is 3.29. The second kappa shape index (κ2) is 4.64. The predicted octanol–water partition coefficient (Wildman–Crippen LogP) is 2.40. The lowest BCUT2D eigenvalue weighted by atomic mass is 10.0. The molecule has 0 aliphatic heterocycles. The molecule has 1 heterocycles. The molecule has 2 N–H and O–H groups in total. The van der Waals surface area contributed by atoms with Crippen molar-refractivity contribution < 1.29 is 4.79 Å². The number of fused-ring (bicyclic) bond motifs is 1. The van der Waals surface area contributed by atoms with Crippen molar-refractivity contribution in [3.63, 3.8) is 0 Å². The van der Waals surface area contributed by atoms with Gasteiger partial charge in [0.2, 0.25) is 0 Å². The van der Waals surface area contributed by atoms with Crippen LogP contribution in [0.3, 0.4) is 0 Å². The molecule has 18 heavy (non-hydrogen) atoms. The second-order valence-corrected chi connectivity index (χ2v) is 4.57. The number of carbonyl (C=O) groups is 1. The highest BCUT2D eigenvalue weighted by Gasteiger charge is 2.18. The fourth-order valence-electron chi connectivity index (χ4n) is 2.31. The lowest BCUT2D eigenvalue weighted by Gasteiger charge is -2.18. The van der Waals surface area contributed by atoms with Crippen molar-refractivity contribution >= 4 is 16.8 Å². The van der Waals surface area contributed by atoms with Gasteiger partial charge < -0.3 is 5.32 Å². The molecule has 4 heteroatoms. The number of carbonyl (C=O) groups excluding carboxylic acids is 1. The largest absolute Gasteiger partial charge is 0.348 e. The highest BCUT2D eigenvalue weighted by Crippen LogP contribution is 2.16. The average Bonchev–Trinajstić information content (AvgIpc) is 2.84. The van der Waals surface area contributed by atoms with Gasteiger partial charge in [0, 0.05) is 11.4 Å². The van der Waals surface area contributed by atoms with Crippen LogP contribution in [0.1, 0.15) is 29.8 Å². The Kier molecular flexibility index (Phi) is 2.84. The number of allylic oxidation sites excluding steroid dienone is 1. The number of hydrogen-bond donors (Lipinski definition) is 2. The molecule has 0 fully saturated rings. The van der Waals surface area contributed by atoms with Gasteiger partial charge in [0.15, 0.2) is 5.69 Å². The van der Waals surface area contributed by atoms with E-state index in [4.69, 9.17) is 0 Å². The summed E-state index contributed by atoms with van der Waals surface area (Å²) in [5, 5.41) is 10.9. The molecule has 1 aliphatic rings. The molecule has 2 aromatic rings. The van der Waals surface area contributed by atoms with Crippen LogP contribution in [0.25, 0.3) is 10.9 Å². The number of amides is 1. The number of nitrogens with zero attached hydrogens (tertiary/aromatic N) is 1. The smallest absolute Gasteiger partial charge is 0.272 e. The first kappa shape index (κ1) is 11.0. The topological polar surface area (TPSA) is 57.8 Å². The van der Waals surface area contributed by atoms with Crippen LogP contribution in [-0.2, 0) is 0 Å². The Morgan fingerprint density at radius 3 is 3.06 bits per heavy atom. The van der Waals surface area contributed by atoms with Gasteiger partial charge in [-0.2, -0.15) is 5.10 Å². The molecule has 0 saturated carbocycles. The van der Waals surface area contributed by atoms with Gasteiger partial charge in [-0.3, -0.25) is 9.89 Å². The zero-order valence-corrected chi connectivity index (χ0v) is 10.0. The standard InChI is InChI=1S/C14H15N3O/c18-14(15-10-6-2-1-3-7-10)13-11-8-4-5-9-12(11)16-17-13/h1-2,4-5,8-10H,3,6-7H2,(H,15,18)(H,16,17). The minimum absolute atomic E-state index is 0.0900. The first-order valence-electron chi connectivity index (χ1n) is 6.23. The van der Waals surface area contributed by atoms with E-state index in [1.807, 2.05) is 24.3 Å². The minimum atomic E-state index is -0.0900. The van der Waals surface area contributed by atoms with Gasteiger partial charge in [0.25, 0.3) is 5.91 Å². The summed E-state index contributed by atoms with van der Waals surface area (Å²) in [6.45, 7) is 0. The molecule has 1 unspecified atom stereocenters. The van der Waals surface area contributed by atoms with Gasteiger partial charge >= 0.3 is 0 Å². The van der Waals surface area contributed by atoms with Crippen molar-refractivity contribution in [2.45, 2.75) is 25.3 Å². The lowest BCUT2D eigenvalue weighted by molar-refractivity contribution is 0.0931. The summed E-state index contributed by atoms with van der Waals surface area (Å²) in [6, 6.07) is 7.90. The van der Waals surface area contributed by atoms with Crippen LogP contribution in [0.15, 0.2) is 36.4 Å². The molecule has 0 radical (unpaired) electrons. The van der Waals surface area contributed by atoms with Crippen LogP contribution >= 0.6 is 0 Å². The van der Waals surface area contributed by atoms with Crippen molar-refractivity contribution in [1.82, 2.24) is 15.5 Å². The fraction of sp³-hybridized carbons (Fsp3) is 0.286. The third kappa shape index (κ3) is 2.01. The summed E-state index contributed by atoms with van der Waals surface area (Å²) in [7, 11) is 0. The number of benzene rings is 1. The molecule has 92 valence electrons. The molecule has 4 nitrogen and oxygen atoms in total. The van der Waals surface area contributed by atoms with E-state index >= 15 is 0 Å². The number of nitrogens with one attached hydrogen (secondary N) is 2. The SMILES string of the molecule is O=C(NC1CC=CCC1)c1n[nH]c2ccccc12. The van der Waals surface area contributed by atoms with Gasteiger partial charge in [0.1, 0.15) is 0 Å². The van der Waals surface area contributed by atoms with E-state index in [0.717, 1.165) is 30.2 Å². The number of aromatic amines is 1. The summed E-state index contributed by atoms with van der Waals surface area (Å²) in [5.74, 6) is -0.0900. The van der Waals surface area contributed by atoms with Crippen LogP contribution in [0.4, 0.5) is 0 Å². The first-order valence-corrected chi connectivity index (χ1v) is 6.23. The number of para-hydroxylation sites is 1. The summed E-state index contributed by atoms with van der Waals surface area (Å²) >= 11 is 0. The molecule has 0 bridgehead atoms. The normalized spacial score (nSPS) is 19.0. The zero-order valence-electron chi connectivity index (χ0n) is 10.0. The maximum absolute atomic E-state index is 12.2. The van der Waals surface area contributed by atoms with Gasteiger partial charge in [-0.1, -0.05) is 30.4 Å². The van der Waals surface area contributed by atoms with Crippen molar-refractivity contribution in [1.29, 1.82) is 0 Å². The Morgan fingerprint density at radius 1 is 1.33 bits per heavy atom. The monoisotopic (exact) mass is 241 g/mol. The van der Waals surface area contributed by atoms with Crippen LogP contribution in [-0.4, -0.2) is 22.1 Å². The number of rotatable bonds is 2. The van der Waals surface area contributed by atoms with E-state index < -0.39 is 0 Å². The Hall–Kier alpha value is -2.10. The first-order chi connectivity index (χ1) is 8.84. The average molecular weight is 241 g/mol. The summed E-state index contributed by atoms with van der Waals surface area (Å²) in [4.78, 5) is 12.2. The fourth-order valence-corrected chi connectivity index (χ4v) is 2.31. The third-order valence-corrected chi connectivity index (χ3v) is 3.29. The molecular formula is C14H15N3O. The van der Waals surface area contributed by atoms with E-state index in [2.05, 4.69) is 27.7 Å². The van der Waals surface area contributed by atoms with Crippen molar-refractivity contribution in [3.05, 3.63) is 42.1 Å². The zero-order chi connectivity index (χ0) is 12.4. The maximum atomic E-state index is 12.2. The van der Waals surface area contributed by atoms with Crippen molar-refractivity contribution in [3.8, 4) is 0 Å². The highest BCUT2D eigenvalue weighted by molar-refractivity contribution is 6.04. The van der Waals surface area contributed by atoms with E-state index in [9.17, 15) is 4.79 Å². The minimum Gasteiger partial charge on any atom is -0.348 e. The van der Waals surface area contributed by atoms with E-state index in [1.165, 1.54) is 0 Å². The Morgan fingerprint density at radius 2 is 2.22 bits per heavy atom. The van der Waals surface area contributed by atoms with Gasteiger partial charge in [-0.25, -0.2) is 0 Å². The number of H-pyrrole nitrogens is 1. The molecule has 0 saturated heterocycles. The van der Waals surface area contributed by atoms with Crippen molar-refractivity contribution in [2.24, 2.45) is 0 Å². The summed E-state index contributed by atoms with van der Waals surface area (Å²) < 4.78 is 0. The Bertz CT molecular complexity index is 600. The molecule has 3 rings (SSSR count). The quantitative estimate of drug-likeness (QED) is 0.793.